The van der Waals surface area contributed by atoms with E-state index < -0.39 is 20.5 Å². The van der Waals surface area contributed by atoms with Crippen molar-refractivity contribution in [2.75, 3.05) is 19.0 Å². The minimum Gasteiger partial charge on any atom is -0.379 e. The Kier molecular flexibility index (Phi) is 4.33. The van der Waals surface area contributed by atoms with Gasteiger partial charge in [-0.3, -0.25) is 4.79 Å². The zero-order valence-electron chi connectivity index (χ0n) is 10.6. The molecular weight excluding hydrogens is 242 g/mol. The summed E-state index contributed by atoms with van der Waals surface area (Å²) in [5.74, 6) is -0.224. The van der Waals surface area contributed by atoms with Gasteiger partial charge in [-0.2, -0.15) is 0 Å². The molecule has 1 rings (SSSR count). The van der Waals surface area contributed by atoms with E-state index in [2.05, 4.69) is 0 Å². The number of hydrogen-bond donors (Lipinski definition) is 1. The van der Waals surface area contributed by atoms with Crippen molar-refractivity contribution in [3.05, 3.63) is 0 Å². The second-order valence-corrected chi connectivity index (χ2v) is 7.80. The molecule has 2 unspecified atom stereocenters. The van der Waals surface area contributed by atoms with E-state index in [9.17, 15) is 13.2 Å². The highest BCUT2D eigenvalue weighted by molar-refractivity contribution is 7.91. The Morgan fingerprint density at radius 1 is 1.53 bits per heavy atom. The standard InChI is InChI=1S/C11H21NO4S/c1-8(2)17(14,15)5-4-10(13)11(3)7-16-6-9(11)12/h8-9H,4-7,12H2,1-3H3. The van der Waals surface area contributed by atoms with Gasteiger partial charge in [-0.05, 0) is 20.8 Å². The van der Waals surface area contributed by atoms with Crippen LogP contribution in [0.4, 0.5) is 0 Å². The number of carbonyl (C=O) groups excluding carboxylic acids is 1. The fourth-order valence-electron chi connectivity index (χ4n) is 1.73. The highest BCUT2D eigenvalue weighted by Crippen LogP contribution is 2.29. The van der Waals surface area contributed by atoms with E-state index in [0.717, 1.165) is 0 Å². The Balaban J connectivity index is 2.62. The normalized spacial score (nSPS) is 29.8. The summed E-state index contributed by atoms with van der Waals surface area (Å²) in [5, 5.41) is -0.448. The molecule has 0 aromatic rings. The van der Waals surface area contributed by atoms with Gasteiger partial charge in [0.05, 0.1) is 29.6 Å². The minimum atomic E-state index is -3.17. The van der Waals surface area contributed by atoms with Gasteiger partial charge in [0, 0.05) is 12.5 Å². The Labute approximate surface area is 103 Å². The zero-order chi connectivity index (χ0) is 13.3. The summed E-state index contributed by atoms with van der Waals surface area (Å²) in [6, 6.07) is -0.336. The highest BCUT2D eigenvalue weighted by atomic mass is 32.2. The van der Waals surface area contributed by atoms with Crippen molar-refractivity contribution < 1.29 is 17.9 Å². The molecule has 2 atom stereocenters. The van der Waals surface area contributed by atoms with Crippen LogP contribution in [0, 0.1) is 5.41 Å². The first kappa shape index (κ1) is 14.6. The number of ketones is 1. The lowest BCUT2D eigenvalue weighted by Crippen LogP contribution is -2.45. The molecule has 1 aliphatic rings. The summed E-state index contributed by atoms with van der Waals surface area (Å²) in [6.45, 7) is 5.63. The smallest absolute Gasteiger partial charge is 0.153 e. The fraction of sp³-hybridized carbons (Fsp3) is 0.909. The van der Waals surface area contributed by atoms with Gasteiger partial charge in [0.25, 0.3) is 0 Å². The quantitative estimate of drug-likeness (QED) is 0.762. The molecule has 2 N–H and O–H groups in total. The molecular formula is C11H21NO4S. The molecule has 0 amide bonds. The summed E-state index contributed by atoms with van der Waals surface area (Å²) in [5.41, 5.74) is 5.09. The molecule has 1 fully saturated rings. The molecule has 0 radical (unpaired) electrons. The van der Waals surface area contributed by atoms with Crippen molar-refractivity contribution in [2.45, 2.75) is 38.5 Å². The maximum Gasteiger partial charge on any atom is 0.153 e. The number of ether oxygens (including phenoxy) is 1. The predicted molar refractivity (Wildman–Crippen MR) is 65.4 cm³/mol. The fourth-order valence-corrected chi connectivity index (χ4v) is 2.67. The Hall–Kier alpha value is -0.460. The van der Waals surface area contributed by atoms with Crippen LogP contribution in [-0.4, -0.2) is 44.5 Å². The van der Waals surface area contributed by atoms with Crippen LogP contribution in [0.3, 0.4) is 0 Å². The van der Waals surface area contributed by atoms with Crippen molar-refractivity contribution in [2.24, 2.45) is 11.1 Å². The molecule has 6 heteroatoms. The van der Waals surface area contributed by atoms with Gasteiger partial charge in [-0.25, -0.2) is 8.42 Å². The van der Waals surface area contributed by atoms with Gasteiger partial charge < -0.3 is 10.5 Å². The molecule has 17 heavy (non-hydrogen) atoms. The van der Waals surface area contributed by atoms with Crippen LogP contribution < -0.4 is 5.73 Å². The lowest BCUT2D eigenvalue weighted by atomic mass is 9.80. The monoisotopic (exact) mass is 263 g/mol. The molecule has 1 saturated heterocycles. The predicted octanol–water partition coefficient (Wildman–Crippen LogP) is 0.133. The number of nitrogens with two attached hydrogens (primary N) is 1. The molecule has 100 valence electrons. The van der Waals surface area contributed by atoms with E-state index >= 15 is 0 Å². The number of hydrogen-bond acceptors (Lipinski definition) is 5. The van der Waals surface area contributed by atoms with Crippen LogP contribution in [-0.2, 0) is 19.4 Å². The number of Topliss-reactive ketones (excluding diaryl/α,β-unsaturated/α-hetero) is 1. The minimum absolute atomic E-state index is 0.0219. The summed E-state index contributed by atoms with van der Waals surface area (Å²) in [7, 11) is -3.17. The van der Waals surface area contributed by atoms with E-state index in [0.29, 0.717) is 6.61 Å². The second kappa shape index (κ2) is 5.04. The topological polar surface area (TPSA) is 86.5 Å². The van der Waals surface area contributed by atoms with Crippen LogP contribution in [0.15, 0.2) is 0 Å². The average molecular weight is 263 g/mol. The van der Waals surface area contributed by atoms with Crippen molar-refractivity contribution >= 4 is 15.6 Å². The lowest BCUT2D eigenvalue weighted by Gasteiger charge is -2.25. The summed E-state index contributed by atoms with van der Waals surface area (Å²) >= 11 is 0. The van der Waals surface area contributed by atoms with Crippen LogP contribution in [0.5, 0.6) is 0 Å². The van der Waals surface area contributed by atoms with Gasteiger partial charge in [-0.15, -0.1) is 0 Å². The number of sulfone groups is 1. The van der Waals surface area contributed by atoms with Crippen molar-refractivity contribution in [3.63, 3.8) is 0 Å². The third kappa shape index (κ3) is 3.05. The van der Waals surface area contributed by atoms with Gasteiger partial charge in [0.2, 0.25) is 0 Å². The first-order valence-corrected chi connectivity index (χ1v) is 7.50. The highest BCUT2D eigenvalue weighted by Gasteiger charge is 2.43. The SMILES string of the molecule is CC(C)S(=O)(=O)CCC(=O)C1(C)COCC1N. The maximum atomic E-state index is 12.0. The van der Waals surface area contributed by atoms with Crippen LogP contribution in [0.25, 0.3) is 0 Å². The van der Waals surface area contributed by atoms with Gasteiger partial charge in [0.15, 0.2) is 9.84 Å². The lowest BCUT2D eigenvalue weighted by molar-refractivity contribution is -0.128. The zero-order valence-corrected chi connectivity index (χ0v) is 11.4. The second-order valence-electron chi connectivity index (χ2n) is 5.13. The summed E-state index contributed by atoms with van der Waals surface area (Å²) < 4.78 is 28.4. The molecule has 0 aromatic heterocycles. The number of carbonyl (C=O) groups is 1. The first-order chi connectivity index (χ1) is 7.70. The summed E-state index contributed by atoms with van der Waals surface area (Å²) in [6.07, 6.45) is 0.0219. The number of rotatable bonds is 5. The van der Waals surface area contributed by atoms with Gasteiger partial charge >= 0.3 is 0 Å². The molecule has 0 aromatic carbocycles. The molecule has 0 saturated carbocycles. The van der Waals surface area contributed by atoms with Gasteiger partial charge in [-0.1, -0.05) is 0 Å². The van der Waals surface area contributed by atoms with Crippen molar-refractivity contribution in [1.29, 1.82) is 0 Å². The third-order valence-electron chi connectivity index (χ3n) is 3.49. The van der Waals surface area contributed by atoms with Crippen LogP contribution in [0.1, 0.15) is 27.2 Å². The van der Waals surface area contributed by atoms with Crippen LogP contribution in [0.2, 0.25) is 0 Å². The van der Waals surface area contributed by atoms with E-state index in [-0.39, 0.29) is 30.6 Å². The Morgan fingerprint density at radius 2 is 2.12 bits per heavy atom. The van der Waals surface area contributed by atoms with Crippen molar-refractivity contribution in [1.82, 2.24) is 0 Å². The molecule has 0 aliphatic carbocycles. The molecule has 0 spiro atoms. The van der Waals surface area contributed by atoms with Crippen molar-refractivity contribution in [3.8, 4) is 0 Å². The molecule has 1 heterocycles. The van der Waals surface area contributed by atoms with Crippen LogP contribution >= 0.6 is 0 Å². The largest absolute Gasteiger partial charge is 0.379 e. The van der Waals surface area contributed by atoms with Gasteiger partial charge in [0.1, 0.15) is 5.78 Å². The first-order valence-electron chi connectivity index (χ1n) is 5.78. The maximum absolute atomic E-state index is 12.0. The average Bonchev–Trinajstić information content (AvgIpc) is 2.57. The van der Waals surface area contributed by atoms with E-state index in [4.69, 9.17) is 10.5 Å². The Morgan fingerprint density at radius 3 is 2.53 bits per heavy atom. The Bertz CT molecular complexity index is 390. The molecule has 5 nitrogen and oxygen atoms in total. The van der Waals surface area contributed by atoms with E-state index in [1.807, 2.05) is 0 Å². The van der Waals surface area contributed by atoms with E-state index in [1.165, 1.54) is 0 Å². The third-order valence-corrected chi connectivity index (χ3v) is 5.70. The summed E-state index contributed by atoms with van der Waals surface area (Å²) in [4.78, 5) is 12.0. The van der Waals surface area contributed by atoms with E-state index in [1.54, 1.807) is 20.8 Å². The molecule has 1 aliphatic heterocycles. The molecule has 0 bridgehead atoms.